The number of nitrogens with zero attached hydrogens (tertiary/aromatic N) is 3. The van der Waals surface area contributed by atoms with Gasteiger partial charge in [-0.05, 0) is 25.7 Å². The highest BCUT2D eigenvalue weighted by molar-refractivity contribution is 5.94. The summed E-state index contributed by atoms with van der Waals surface area (Å²) in [6.07, 6.45) is 5.40. The first-order chi connectivity index (χ1) is 10.8. The van der Waals surface area contributed by atoms with Crippen molar-refractivity contribution < 1.29 is 9.53 Å². The van der Waals surface area contributed by atoms with E-state index in [1.165, 1.54) is 0 Å². The van der Waals surface area contributed by atoms with Crippen molar-refractivity contribution in [3.8, 4) is 0 Å². The zero-order valence-corrected chi connectivity index (χ0v) is 13.0. The van der Waals surface area contributed by atoms with Gasteiger partial charge < -0.3 is 9.64 Å². The van der Waals surface area contributed by atoms with Crippen molar-refractivity contribution in [2.24, 2.45) is 0 Å². The van der Waals surface area contributed by atoms with E-state index >= 15 is 0 Å². The predicted octanol–water partition coefficient (Wildman–Crippen LogP) is 1.18. The van der Waals surface area contributed by atoms with Crippen molar-refractivity contribution in [3.05, 3.63) is 17.0 Å². The molecule has 6 heteroatoms. The van der Waals surface area contributed by atoms with Crippen LogP contribution >= 0.6 is 0 Å². The maximum absolute atomic E-state index is 12.7. The molecule has 1 N–H and O–H groups in total. The standard InChI is InChI=1S/C16H24N4O2/c21-16(19-6-1-2-7-19)15-13-11-20(8-3-14(13)17-18-15)12-4-9-22-10-5-12/h12H,1-11H2,(H,17,18). The maximum atomic E-state index is 12.7. The second-order valence-corrected chi connectivity index (χ2v) is 6.59. The summed E-state index contributed by atoms with van der Waals surface area (Å²) in [6, 6.07) is 0.589. The van der Waals surface area contributed by atoms with E-state index in [1.54, 1.807) is 0 Å². The molecule has 0 atom stereocenters. The summed E-state index contributed by atoms with van der Waals surface area (Å²) in [5, 5.41) is 7.46. The van der Waals surface area contributed by atoms with Crippen LogP contribution in [-0.4, -0.2) is 64.8 Å². The Morgan fingerprint density at radius 3 is 2.73 bits per heavy atom. The Labute approximate surface area is 130 Å². The summed E-state index contributed by atoms with van der Waals surface area (Å²) in [5.74, 6) is 0.115. The molecule has 6 nitrogen and oxygen atoms in total. The predicted molar refractivity (Wildman–Crippen MR) is 81.7 cm³/mol. The van der Waals surface area contributed by atoms with Crippen LogP contribution in [0.1, 0.15) is 47.4 Å². The number of ether oxygens (including phenoxy) is 1. The first-order valence-electron chi connectivity index (χ1n) is 8.50. The summed E-state index contributed by atoms with van der Waals surface area (Å²) < 4.78 is 5.47. The molecule has 1 aromatic rings. The third kappa shape index (κ3) is 2.54. The van der Waals surface area contributed by atoms with Crippen LogP contribution in [0, 0.1) is 0 Å². The SMILES string of the molecule is O=C(c1n[nH]c2c1CN(C1CCOCC1)CC2)N1CCCC1. The number of rotatable bonds is 2. The zero-order chi connectivity index (χ0) is 14.9. The lowest BCUT2D eigenvalue weighted by atomic mass is 9.99. The molecule has 1 amide bonds. The maximum Gasteiger partial charge on any atom is 0.274 e. The number of hydrogen-bond donors (Lipinski definition) is 1. The Hall–Kier alpha value is -1.40. The number of nitrogens with one attached hydrogen (secondary N) is 1. The third-order valence-electron chi connectivity index (χ3n) is 5.27. The van der Waals surface area contributed by atoms with Gasteiger partial charge in [-0.25, -0.2) is 0 Å². The molecule has 0 spiro atoms. The first kappa shape index (κ1) is 14.2. The number of aromatic amines is 1. The molecule has 3 aliphatic heterocycles. The summed E-state index contributed by atoms with van der Waals surface area (Å²) in [6.45, 7) is 5.38. The minimum Gasteiger partial charge on any atom is -0.381 e. The van der Waals surface area contributed by atoms with Gasteiger partial charge in [-0.2, -0.15) is 5.10 Å². The Morgan fingerprint density at radius 2 is 1.95 bits per heavy atom. The Morgan fingerprint density at radius 1 is 1.18 bits per heavy atom. The van der Waals surface area contributed by atoms with E-state index in [0.717, 1.165) is 82.8 Å². The molecule has 4 rings (SSSR count). The lowest BCUT2D eigenvalue weighted by molar-refractivity contribution is 0.0287. The van der Waals surface area contributed by atoms with E-state index in [0.29, 0.717) is 11.7 Å². The molecule has 2 fully saturated rings. The molecule has 3 aliphatic rings. The number of carbonyl (C=O) groups is 1. The van der Waals surface area contributed by atoms with Gasteiger partial charge in [0.05, 0.1) is 0 Å². The number of likely N-dealkylation sites (tertiary alicyclic amines) is 1. The first-order valence-corrected chi connectivity index (χ1v) is 8.50. The van der Waals surface area contributed by atoms with Crippen molar-refractivity contribution in [3.63, 3.8) is 0 Å². The van der Waals surface area contributed by atoms with Gasteiger partial charge in [-0.3, -0.25) is 14.8 Å². The molecule has 0 saturated carbocycles. The van der Waals surface area contributed by atoms with E-state index < -0.39 is 0 Å². The van der Waals surface area contributed by atoms with Crippen LogP contribution < -0.4 is 0 Å². The zero-order valence-electron chi connectivity index (χ0n) is 13.0. The smallest absolute Gasteiger partial charge is 0.274 e. The molecule has 0 radical (unpaired) electrons. The molecule has 120 valence electrons. The van der Waals surface area contributed by atoms with Crippen LogP contribution in [0.2, 0.25) is 0 Å². The topological polar surface area (TPSA) is 61.5 Å². The monoisotopic (exact) mass is 304 g/mol. The minimum absolute atomic E-state index is 0.115. The van der Waals surface area contributed by atoms with E-state index in [1.807, 2.05) is 4.90 Å². The molecule has 0 aliphatic carbocycles. The fraction of sp³-hybridized carbons (Fsp3) is 0.750. The Bertz CT molecular complexity index is 544. The van der Waals surface area contributed by atoms with Gasteiger partial charge in [-0.1, -0.05) is 0 Å². The highest BCUT2D eigenvalue weighted by Crippen LogP contribution is 2.26. The lowest BCUT2D eigenvalue weighted by Crippen LogP contribution is -2.42. The normalized spacial score (nSPS) is 23.7. The van der Waals surface area contributed by atoms with Gasteiger partial charge in [0.15, 0.2) is 5.69 Å². The van der Waals surface area contributed by atoms with Crippen molar-refractivity contribution in [2.75, 3.05) is 32.8 Å². The highest BCUT2D eigenvalue weighted by Gasteiger charge is 2.31. The quantitative estimate of drug-likeness (QED) is 0.891. The minimum atomic E-state index is 0.115. The molecule has 22 heavy (non-hydrogen) atoms. The van der Waals surface area contributed by atoms with Gasteiger partial charge >= 0.3 is 0 Å². The van der Waals surface area contributed by atoms with E-state index in [2.05, 4.69) is 15.1 Å². The lowest BCUT2D eigenvalue weighted by Gasteiger charge is -2.36. The molecule has 0 aromatic carbocycles. The van der Waals surface area contributed by atoms with Gasteiger partial charge in [0, 0.05) is 63.1 Å². The van der Waals surface area contributed by atoms with Gasteiger partial charge in [-0.15, -0.1) is 0 Å². The average Bonchev–Trinajstić information content (AvgIpc) is 3.24. The third-order valence-corrected chi connectivity index (χ3v) is 5.27. The number of amides is 1. The summed E-state index contributed by atoms with van der Waals surface area (Å²) in [4.78, 5) is 17.1. The van der Waals surface area contributed by atoms with Gasteiger partial charge in [0.2, 0.25) is 0 Å². The number of carbonyl (C=O) groups excluding carboxylic acids is 1. The van der Waals surface area contributed by atoms with Crippen molar-refractivity contribution in [1.82, 2.24) is 20.0 Å². The molecule has 2 saturated heterocycles. The molecule has 0 bridgehead atoms. The average molecular weight is 304 g/mol. The Balaban J connectivity index is 1.52. The number of fused-ring (bicyclic) bond motifs is 1. The second kappa shape index (κ2) is 6.01. The second-order valence-electron chi connectivity index (χ2n) is 6.59. The van der Waals surface area contributed by atoms with Crippen LogP contribution in [0.4, 0.5) is 0 Å². The number of aromatic nitrogens is 2. The molecule has 0 unspecified atom stereocenters. The summed E-state index contributed by atoms with van der Waals surface area (Å²) in [7, 11) is 0. The Kier molecular flexibility index (Phi) is 3.88. The van der Waals surface area contributed by atoms with Crippen LogP contribution in [0.25, 0.3) is 0 Å². The molecular weight excluding hydrogens is 280 g/mol. The van der Waals surface area contributed by atoms with E-state index in [9.17, 15) is 4.79 Å². The number of hydrogen-bond acceptors (Lipinski definition) is 4. The highest BCUT2D eigenvalue weighted by atomic mass is 16.5. The molecule has 1 aromatic heterocycles. The summed E-state index contributed by atoms with van der Waals surface area (Å²) >= 11 is 0. The van der Waals surface area contributed by atoms with Crippen LogP contribution in [0.3, 0.4) is 0 Å². The fourth-order valence-electron chi connectivity index (χ4n) is 3.92. The summed E-state index contributed by atoms with van der Waals surface area (Å²) in [5.41, 5.74) is 2.95. The van der Waals surface area contributed by atoms with Crippen LogP contribution in [0.5, 0.6) is 0 Å². The van der Waals surface area contributed by atoms with Crippen molar-refractivity contribution >= 4 is 5.91 Å². The fourth-order valence-corrected chi connectivity index (χ4v) is 3.92. The van der Waals surface area contributed by atoms with Crippen LogP contribution in [0.15, 0.2) is 0 Å². The van der Waals surface area contributed by atoms with Gasteiger partial charge in [0.25, 0.3) is 5.91 Å². The molecular formula is C16H24N4O2. The van der Waals surface area contributed by atoms with Crippen LogP contribution in [-0.2, 0) is 17.7 Å². The van der Waals surface area contributed by atoms with E-state index in [-0.39, 0.29) is 5.91 Å². The van der Waals surface area contributed by atoms with Gasteiger partial charge in [0.1, 0.15) is 0 Å². The van der Waals surface area contributed by atoms with Crippen molar-refractivity contribution in [1.29, 1.82) is 0 Å². The van der Waals surface area contributed by atoms with E-state index in [4.69, 9.17) is 4.74 Å². The molecule has 4 heterocycles. The van der Waals surface area contributed by atoms with Crippen molar-refractivity contribution in [2.45, 2.75) is 44.7 Å². The largest absolute Gasteiger partial charge is 0.381 e. The number of H-pyrrole nitrogens is 1.